The Kier molecular flexibility index (Phi) is 2.50. The van der Waals surface area contributed by atoms with E-state index in [-0.39, 0.29) is 0 Å². The highest BCUT2D eigenvalue weighted by Crippen LogP contribution is 2.02. The number of halogens is 1. The van der Waals surface area contributed by atoms with Crippen LogP contribution in [-0.2, 0) is 6.54 Å². The first-order valence-electron chi connectivity index (χ1n) is 3.02. The van der Waals surface area contributed by atoms with Gasteiger partial charge in [0.1, 0.15) is 0 Å². The van der Waals surface area contributed by atoms with Crippen molar-refractivity contribution in [1.29, 1.82) is 0 Å². The van der Waals surface area contributed by atoms with E-state index >= 15 is 0 Å². The zero-order valence-corrected chi connectivity index (χ0v) is 7.50. The quantitative estimate of drug-likeness (QED) is 0.717. The Bertz CT molecular complexity index is 183. The first kappa shape index (κ1) is 7.05. The fourth-order valence-electron chi connectivity index (χ4n) is 0.693. The molecule has 50 valence electrons. The first-order chi connectivity index (χ1) is 4.34. The predicted molar refractivity (Wildman–Crippen MR) is 45.2 cm³/mol. The fourth-order valence-corrected chi connectivity index (χ4v) is 1.22. The molecule has 0 aliphatic heterocycles. The zero-order valence-electron chi connectivity index (χ0n) is 5.34. The maximum Gasteiger partial charge on any atom is 0.0989 e. The largest absolute Gasteiger partial charge is 0.259 e. The fraction of sp³-hybridized carbons (Fsp3) is 0.500. The van der Waals surface area contributed by atoms with Gasteiger partial charge in [-0.1, -0.05) is 6.92 Å². The van der Waals surface area contributed by atoms with Crippen LogP contribution in [0.3, 0.4) is 0 Å². The van der Waals surface area contributed by atoms with Crippen LogP contribution in [0, 0.1) is 3.70 Å². The van der Waals surface area contributed by atoms with Crippen LogP contribution in [0.2, 0.25) is 0 Å². The molecule has 1 aromatic rings. The number of hydrogen-bond donors (Lipinski definition) is 0. The first-order valence-corrected chi connectivity index (χ1v) is 4.09. The van der Waals surface area contributed by atoms with Gasteiger partial charge in [0.2, 0.25) is 0 Å². The maximum absolute atomic E-state index is 4.11. The van der Waals surface area contributed by atoms with Crippen molar-refractivity contribution in [2.75, 3.05) is 0 Å². The summed E-state index contributed by atoms with van der Waals surface area (Å²) in [6.45, 7) is 3.18. The monoisotopic (exact) mass is 236 g/mol. The Hall–Kier alpha value is -0.0600. The molecule has 1 heterocycles. The number of aryl methyl sites for hydroxylation is 1. The van der Waals surface area contributed by atoms with Gasteiger partial charge in [0.15, 0.2) is 0 Å². The van der Waals surface area contributed by atoms with Crippen molar-refractivity contribution < 1.29 is 0 Å². The van der Waals surface area contributed by atoms with Gasteiger partial charge in [0.05, 0.1) is 9.90 Å². The third-order valence-corrected chi connectivity index (χ3v) is 2.02. The lowest BCUT2D eigenvalue weighted by Crippen LogP contribution is -1.99. The molecule has 9 heavy (non-hydrogen) atoms. The molecular weight excluding hydrogens is 227 g/mol. The van der Waals surface area contributed by atoms with Crippen LogP contribution in [0.5, 0.6) is 0 Å². The van der Waals surface area contributed by atoms with Crippen LogP contribution >= 0.6 is 22.6 Å². The minimum atomic E-state index is 1.03. The molecule has 1 aromatic heterocycles. The Morgan fingerprint density at radius 1 is 1.78 bits per heavy atom. The Balaban J connectivity index is 2.69. The van der Waals surface area contributed by atoms with E-state index < -0.39 is 0 Å². The normalized spacial score (nSPS) is 10.0. The highest BCUT2D eigenvalue weighted by Gasteiger charge is 1.93. The molecule has 0 fully saturated rings. The predicted octanol–water partition coefficient (Wildman–Crippen LogP) is 1.90. The average Bonchev–Trinajstić information content (AvgIpc) is 2.18. The molecule has 0 unspecified atom stereocenters. The van der Waals surface area contributed by atoms with Gasteiger partial charge in [-0.2, -0.15) is 5.10 Å². The second kappa shape index (κ2) is 3.20. The van der Waals surface area contributed by atoms with E-state index in [1.54, 1.807) is 0 Å². The standard InChI is InChI=1S/C6H9IN2/c1-2-5-9-6(7)3-4-8-9/h3-4H,2,5H2,1H3. The SMILES string of the molecule is CCCn1nccc1I. The van der Waals surface area contributed by atoms with Crippen molar-refractivity contribution in [3.05, 3.63) is 16.0 Å². The third-order valence-electron chi connectivity index (χ3n) is 1.10. The molecule has 0 aliphatic carbocycles. The molecule has 0 aromatic carbocycles. The number of hydrogen-bond acceptors (Lipinski definition) is 1. The average molecular weight is 236 g/mol. The van der Waals surface area contributed by atoms with E-state index in [0.717, 1.165) is 13.0 Å². The van der Waals surface area contributed by atoms with Gasteiger partial charge in [0.25, 0.3) is 0 Å². The lowest BCUT2D eigenvalue weighted by atomic mass is 10.5. The molecule has 0 spiro atoms. The number of nitrogens with zero attached hydrogens (tertiary/aromatic N) is 2. The van der Waals surface area contributed by atoms with Gasteiger partial charge in [0, 0.05) is 6.54 Å². The molecule has 0 aliphatic rings. The van der Waals surface area contributed by atoms with E-state index in [9.17, 15) is 0 Å². The van der Waals surface area contributed by atoms with E-state index in [4.69, 9.17) is 0 Å². The molecule has 0 amide bonds. The van der Waals surface area contributed by atoms with Crippen LogP contribution in [0.25, 0.3) is 0 Å². The highest BCUT2D eigenvalue weighted by molar-refractivity contribution is 14.1. The van der Waals surface area contributed by atoms with Crippen molar-refractivity contribution in [3.8, 4) is 0 Å². The van der Waals surface area contributed by atoms with Gasteiger partial charge in [-0.3, -0.25) is 4.68 Å². The van der Waals surface area contributed by atoms with Crippen molar-refractivity contribution in [3.63, 3.8) is 0 Å². The maximum atomic E-state index is 4.11. The second-order valence-corrected chi connectivity index (χ2v) is 2.98. The van der Waals surface area contributed by atoms with Crippen LogP contribution in [0.15, 0.2) is 12.3 Å². The summed E-state index contributed by atoms with van der Waals surface area (Å²) in [4.78, 5) is 0. The van der Waals surface area contributed by atoms with Gasteiger partial charge in [-0.15, -0.1) is 0 Å². The molecule has 0 saturated carbocycles. The highest BCUT2D eigenvalue weighted by atomic mass is 127. The molecular formula is C6H9IN2. The lowest BCUT2D eigenvalue weighted by Gasteiger charge is -1.97. The van der Waals surface area contributed by atoms with Crippen LogP contribution < -0.4 is 0 Å². The van der Waals surface area contributed by atoms with E-state index in [2.05, 4.69) is 34.6 Å². The summed E-state index contributed by atoms with van der Waals surface area (Å²) < 4.78 is 3.22. The topological polar surface area (TPSA) is 17.8 Å². The molecule has 2 nitrogen and oxygen atoms in total. The Labute approximate surface area is 68.4 Å². The minimum absolute atomic E-state index is 1.03. The summed E-state index contributed by atoms with van der Waals surface area (Å²) >= 11 is 2.28. The van der Waals surface area contributed by atoms with E-state index in [1.807, 2.05) is 16.9 Å². The summed E-state index contributed by atoms with van der Waals surface area (Å²) in [7, 11) is 0. The van der Waals surface area contributed by atoms with Gasteiger partial charge in [-0.05, 0) is 35.1 Å². The zero-order chi connectivity index (χ0) is 6.69. The molecule has 0 atom stereocenters. The second-order valence-electron chi connectivity index (χ2n) is 1.88. The van der Waals surface area contributed by atoms with Crippen molar-refractivity contribution in [2.24, 2.45) is 0 Å². The molecule has 0 bridgehead atoms. The Morgan fingerprint density at radius 2 is 2.56 bits per heavy atom. The van der Waals surface area contributed by atoms with Crippen molar-refractivity contribution in [1.82, 2.24) is 9.78 Å². The molecule has 0 saturated heterocycles. The van der Waals surface area contributed by atoms with Crippen molar-refractivity contribution in [2.45, 2.75) is 19.9 Å². The molecule has 3 heteroatoms. The smallest absolute Gasteiger partial charge is 0.0989 e. The summed E-state index contributed by atoms with van der Waals surface area (Å²) in [5.41, 5.74) is 0. The summed E-state index contributed by atoms with van der Waals surface area (Å²) in [6, 6.07) is 2.01. The molecule has 0 radical (unpaired) electrons. The third kappa shape index (κ3) is 1.67. The summed E-state index contributed by atoms with van der Waals surface area (Å²) in [6.07, 6.45) is 2.98. The molecule has 0 N–H and O–H groups in total. The number of aromatic nitrogens is 2. The van der Waals surface area contributed by atoms with Gasteiger partial charge < -0.3 is 0 Å². The lowest BCUT2D eigenvalue weighted by molar-refractivity contribution is 0.590. The minimum Gasteiger partial charge on any atom is -0.259 e. The summed E-state index contributed by atoms with van der Waals surface area (Å²) in [5.74, 6) is 0. The van der Waals surface area contributed by atoms with E-state index in [0.29, 0.717) is 0 Å². The van der Waals surface area contributed by atoms with Crippen LogP contribution in [-0.4, -0.2) is 9.78 Å². The van der Waals surface area contributed by atoms with Crippen LogP contribution in [0.4, 0.5) is 0 Å². The molecule has 1 rings (SSSR count). The van der Waals surface area contributed by atoms with E-state index in [1.165, 1.54) is 3.70 Å². The van der Waals surface area contributed by atoms with Gasteiger partial charge >= 0.3 is 0 Å². The van der Waals surface area contributed by atoms with Crippen molar-refractivity contribution >= 4 is 22.6 Å². The summed E-state index contributed by atoms with van der Waals surface area (Å²) in [5, 5.41) is 4.11. The Morgan fingerprint density at radius 3 is 3.00 bits per heavy atom. The van der Waals surface area contributed by atoms with Crippen LogP contribution in [0.1, 0.15) is 13.3 Å². The van der Waals surface area contributed by atoms with Gasteiger partial charge in [-0.25, -0.2) is 0 Å². The number of rotatable bonds is 2.